The number of ether oxygens (including phenoxy) is 1. The third kappa shape index (κ3) is 6.58. The summed E-state index contributed by atoms with van der Waals surface area (Å²) < 4.78 is 25.2. The fourth-order valence-corrected chi connectivity index (χ4v) is 3.30. The van der Waals surface area contributed by atoms with Gasteiger partial charge >= 0.3 is 0 Å². The van der Waals surface area contributed by atoms with Crippen molar-refractivity contribution >= 4 is 12.2 Å². The van der Waals surface area contributed by atoms with Crippen LogP contribution in [0.1, 0.15) is 46.9 Å². The molecule has 7 nitrogen and oxygen atoms in total. The van der Waals surface area contributed by atoms with E-state index in [1.165, 1.54) is 11.6 Å². The van der Waals surface area contributed by atoms with Crippen LogP contribution in [0.3, 0.4) is 0 Å². The highest BCUT2D eigenvalue weighted by atomic mass is 19.1. The van der Waals surface area contributed by atoms with E-state index in [9.17, 15) is 4.39 Å². The Morgan fingerprint density at radius 3 is 2.67 bits per heavy atom. The summed E-state index contributed by atoms with van der Waals surface area (Å²) >= 11 is 0. The summed E-state index contributed by atoms with van der Waals surface area (Å²) in [6.45, 7) is 4.75. The lowest BCUT2D eigenvalue weighted by Gasteiger charge is -2.06. The minimum absolute atomic E-state index is 0.271. The summed E-state index contributed by atoms with van der Waals surface area (Å²) in [5, 5.41) is 12.0. The van der Waals surface area contributed by atoms with Crippen LogP contribution >= 0.6 is 0 Å². The van der Waals surface area contributed by atoms with Gasteiger partial charge in [0, 0.05) is 11.6 Å². The van der Waals surface area contributed by atoms with Gasteiger partial charge in [0.2, 0.25) is 5.89 Å². The monoisotopic (exact) mass is 447 g/mol. The van der Waals surface area contributed by atoms with Crippen LogP contribution < -0.4 is 4.74 Å². The number of hydrogen-bond donors (Lipinski definition) is 0. The molecule has 0 aliphatic heterocycles. The zero-order valence-electron chi connectivity index (χ0n) is 18.7. The minimum atomic E-state index is -0.271. The van der Waals surface area contributed by atoms with Crippen LogP contribution in [0.2, 0.25) is 0 Å². The third-order valence-electron chi connectivity index (χ3n) is 5.07. The van der Waals surface area contributed by atoms with Gasteiger partial charge in [-0.1, -0.05) is 24.3 Å². The average molecular weight is 448 g/mol. The van der Waals surface area contributed by atoms with Crippen molar-refractivity contribution in [3.8, 4) is 5.75 Å². The van der Waals surface area contributed by atoms with Crippen molar-refractivity contribution < 1.29 is 13.5 Å². The second-order valence-electron chi connectivity index (χ2n) is 7.86. The van der Waals surface area contributed by atoms with E-state index < -0.39 is 0 Å². The zero-order chi connectivity index (χ0) is 23.0. The number of halogens is 1. The first kappa shape index (κ1) is 22.4. The van der Waals surface area contributed by atoms with E-state index in [0.717, 1.165) is 37.1 Å². The van der Waals surface area contributed by atoms with Gasteiger partial charge in [0.05, 0.1) is 6.54 Å². The quantitative estimate of drug-likeness (QED) is 0.311. The predicted molar refractivity (Wildman–Crippen MR) is 123 cm³/mol. The molecule has 0 aliphatic rings. The van der Waals surface area contributed by atoms with Gasteiger partial charge in [0.25, 0.3) is 0 Å². The molecular weight excluding hydrogens is 421 g/mol. The first-order chi connectivity index (χ1) is 16.0. The molecule has 0 saturated carbocycles. The normalized spacial score (nSPS) is 11.4. The third-order valence-corrected chi connectivity index (χ3v) is 5.07. The molecule has 8 heteroatoms. The van der Waals surface area contributed by atoms with Gasteiger partial charge in [-0.05, 0) is 73.7 Å². The van der Waals surface area contributed by atoms with Crippen molar-refractivity contribution in [1.29, 1.82) is 0 Å². The number of hydrogen-bond acceptors (Lipinski definition) is 6. The summed E-state index contributed by atoms with van der Waals surface area (Å²) in [5.41, 5.74) is 3.29. The molecule has 170 valence electrons. The summed E-state index contributed by atoms with van der Waals surface area (Å²) in [7, 11) is 0. The number of unbranched alkanes of at least 4 members (excludes halogenated alkanes) is 1. The maximum absolute atomic E-state index is 13.9. The molecule has 0 spiro atoms. The van der Waals surface area contributed by atoms with Crippen LogP contribution in [-0.4, -0.2) is 25.2 Å². The predicted octanol–water partition coefficient (Wildman–Crippen LogP) is 5.19. The zero-order valence-corrected chi connectivity index (χ0v) is 18.7. The fraction of sp³-hybridized carbons (Fsp3) is 0.280. The molecule has 33 heavy (non-hydrogen) atoms. The Bertz CT molecular complexity index is 1210. The highest BCUT2D eigenvalue weighted by molar-refractivity contribution is 5.66. The Kier molecular flexibility index (Phi) is 7.24. The van der Waals surface area contributed by atoms with Gasteiger partial charge in [-0.25, -0.2) is 9.37 Å². The van der Waals surface area contributed by atoms with E-state index in [1.807, 2.05) is 32.0 Å². The molecule has 2 aromatic heterocycles. The molecule has 0 fully saturated rings. The highest BCUT2D eigenvalue weighted by Crippen LogP contribution is 2.17. The number of nitrogens with zero attached hydrogens (tertiary/aromatic N) is 5. The lowest BCUT2D eigenvalue weighted by molar-refractivity contribution is 0.301. The van der Waals surface area contributed by atoms with E-state index in [2.05, 4.69) is 32.5 Å². The molecule has 2 aromatic carbocycles. The number of aromatic nitrogens is 5. The van der Waals surface area contributed by atoms with Gasteiger partial charge in [-0.2, -0.15) is 4.80 Å². The first-order valence-corrected chi connectivity index (χ1v) is 10.9. The molecule has 0 N–H and O–H groups in total. The molecular formula is C25H26FN5O2. The summed E-state index contributed by atoms with van der Waals surface area (Å²) in [5.74, 6) is 1.59. The standard InChI is InChI=1S/C25H26FN5O2/c1-18-6-9-21(24(26)15-18)10-13-25-27-22(17-33-25)16-32-23-11-7-20(8-12-23)5-3-4-14-31-29-19(2)28-30-31/h6-13,15,17H,3-5,14,16H2,1-2H3/b13-10+. The number of rotatable bonds is 10. The Morgan fingerprint density at radius 1 is 1.06 bits per heavy atom. The van der Waals surface area contributed by atoms with Crippen LogP contribution in [0.5, 0.6) is 5.75 Å². The minimum Gasteiger partial charge on any atom is -0.487 e. The number of oxazole rings is 1. The van der Waals surface area contributed by atoms with E-state index in [4.69, 9.17) is 9.15 Å². The summed E-state index contributed by atoms with van der Waals surface area (Å²) in [6, 6.07) is 13.1. The van der Waals surface area contributed by atoms with Gasteiger partial charge in [0.15, 0.2) is 5.82 Å². The molecule has 0 radical (unpaired) electrons. The van der Waals surface area contributed by atoms with E-state index in [-0.39, 0.29) is 5.82 Å². The second-order valence-corrected chi connectivity index (χ2v) is 7.86. The Labute approximate surface area is 191 Å². The van der Waals surface area contributed by atoms with Gasteiger partial charge in [0.1, 0.15) is 30.1 Å². The van der Waals surface area contributed by atoms with E-state index in [0.29, 0.717) is 29.6 Å². The second kappa shape index (κ2) is 10.7. The average Bonchev–Trinajstić information content (AvgIpc) is 3.44. The highest BCUT2D eigenvalue weighted by Gasteiger charge is 2.05. The summed E-state index contributed by atoms with van der Waals surface area (Å²) in [6.07, 6.45) is 7.86. The van der Waals surface area contributed by atoms with Crippen molar-refractivity contribution in [3.63, 3.8) is 0 Å². The molecule has 0 bridgehead atoms. The largest absolute Gasteiger partial charge is 0.487 e. The van der Waals surface area contributed by atoms with Crippen LogP contribution in [-0.2, 0) is 19.6 Å². The van der Waals surface area contributed by atoms with Crippen molar-refractivity contribution in [1.82, 2.24) is 25.2 Å². The molecule has 0 atom stereocenters. The van der Waals surface area contributed by atoms with E-state index in [1.54, 1.807) is 29.3 Å². The molecule has 0 unspecified atom stereocenters. The number of aryl methyl sites for hydroxylation is 4. The maximum atomic E-state index is 13.9. The SMILES string of the molecule is Cc1ccc(/C=C/c2nc(COc3ccc(CCCCn4nnc(C)n4)cc3)co2)c(F)c1. The van der Waals surface area contributed by atoms with Crippen LogP contribution in [0.25, 0.3) is 12.2 Å². The summed E-state index contributed by atoms with van der Waals surface area (Å²) in [4.78, 5) is 6.00. The topological polar surface area (TPSA) is 78.9 Å². The molecule has 4 rings (SSSR count). The lowest BCUT2D eigenvalue weighted by Crippen LogP contribution is -2.03. The fourth-order valence-electron chi connectivity index (χ4n) is 3.30. The van der Waals surface area contributed by atoms with Gasteiger partial charge in [-0.15, -0.1) is 10.2 Å². The van der Waals surface area contributed by atoms with Crippen molar-refractivity contribution in [3.05, 3.63) is 88.6 Å². The Balaban J connectivity index is 1.21. The lowest BCUT2D eigenvalue weighted by atomic mass is 10.1. The van der Waals surface area contributed by atoms with Crippen molar-refractivity contribution in [2.75, 3.05) is 0 Å². The smallest absolute Gasteiger partial charge is 0.218 e. The number of tetrazole rings is 1. The first-order valence-electron chi connectivity index (χ1n) is 10.9. The van der Waals surface area contributed by atoms with Crippen LogP contribution in [0.15, 0.2) is 53.1 Å². The molecule has 0 saturated heterocycles. The molecule has 2 heterocycles. The Morgan fingerprint density at radius 2 is 1.91 bits per heavy atom. The van der Waals surface area contributed by atoms with Crippen LogP contribution in [0, 0.1) is 19.7 Å². The van der Waals surface area contributed by atoms with Gasteiger partial charge in [-0.3, -0.25) is 0 Å². The maximum Gasteiger partial charge on any atom is 0.218 e. The van der Waals surface area contributed by atoms with E-state index >= 15 is 0 Å². The van der Waals surface area contributed by atoms with Crippen LogP contribution in [0.4, 0.5) is 4.39 Å². The Hall–Kier alpha value is -3.81. The molecule has 4 aromatic rings. The van der Waals surface area contributed by atoms with Crippen molar-refractivity contribution in [2.24, 2.45) is 0 Å². The molecule has 0 aliphatic carbocycles. The number of benzene rings is 2. The van der Waals surface area contributed by atoms with Gasteiger partial charge < -0.3 is 9.15 Å². The van der Waals surface area contributed by atoms with Crippen molar-refractivity contribution in [2.45, 2.75) is 46.3 Å². The molecule has 0 amide bonds.